The predicted octanol–water partition coefficient (Wildman–Crippen LogP) is 5.45. The lowest BCUT2D eigenvalue weighted by Crippen LogP contribution is -2.58. The van der Waals surface area contributed by atoms with Crippen LogP contribution < -0.4 is 10.1 Å². The second-order valence-electron chi connectivity index (χ2n) is 9.93. The molecule has 182 valence electrons. The van der Waals surface area contributed by atoms with Gasteiger partial charge < -0.3 is 15.2 Å². The number of benzene rings is 2. The maximum atomic E-state index is 13.2. The summed E-state index contributed by atoms with van der Waals surface area (Å²) < 4.78 is 5.15. The summed E-state index contributed by atoms with van der Waals surface area (Å²) in [5.74, 6) is -1.22. The average molecular weight is 469 g/mol. The summed E-state index contributed by atoms with van der Waals surface area (Å²) in [6.07, 6.45) is 4.14. The van der Waals surface area contributed by atoms with Crippen molar-refractivity contribution >= 4 is 17.6 Å². The van der Waals surface area contributed by atoms with Gasteiger partial charge in [-0.1, -0.05) is 58.2 Å². The molecule has 0 radical (unpaired) electrons. The number of nitrogens with one attached hydrogen (secondary N) is 1. The molecule has 0 aliphatic heterocycles. The Kier molecular flexibility index (Phi) is 7.29. The zero-order chi connectivity index (χ0) is 25.1. The fraction of sp³-hybridized carbons (Fsp3) is 0.462. The molecule has 1 atom stereocenters. The van der Waals surface area contributed by atoms with Crippen molar-refractivity contribution < 1.29 is 24.4 Å². The largest absolute Gasteiger partial charge is 0.497 e. The quantitative estimate of drug-likeness (QED) is 0.412. The summed E-state index contributed by atoms with van der Waals surface area (Å²) in [7, 11) is 1.55. The number of hydrogen-bond acceptors (Lipinski definition) is 5. The van der Waals surface area contributed by atoms with Gasteiger partial charge in [-0.15, -0.1) is 0 Å². The van der Waals surface area contributed by atoms with Crippen LogP contribution in [0.5, 0.6) is 5.75 Å². The van der Waals surface area contributed by atoms with Gasteiger partial charge in [0, 0.05) is 11.5 Å². The topological polar surface area (TPSA) is 119 Å². The normalized spacial score (nSPS) is 16.4. The van der Waals surface area contributed by atoms with Crippen LogP contribution in [-0.4, -0.2) is 35.1 Å². The van der Waals surface area contributed by atoms with Crippen LogP contribution in [0, 0.1) is 20.9 Å². The molecule has 0 bridgehead atoms. The molecule has 2 aromatic rings. The molecular weight excluding hydrogens is 436 g/mol. The third-order valence-corrected chi connectivity index (χ3v) is 7.18. The number of nitrogens with zero attached hydrogens (tertiary/aromatic N) is 1. The Hall–Kier alpha value is -3.42. The van der Waals surface area contributed by atoms with Crippen molar-refractivity contribution in [3.8, 4) is 16.9 Å². The molecule has 0 saturated heterocycles. The Morgan fingerprint density at radius 2 is 1.65 bits per heavy atom. The maximum absolute atomic E-state index is 13.2. The Bertz CT molecular complexity index is 1070. The Morgan fingerprint density at radius 1 is 1.06 bits per heavy atom. The van der Waals surface area contributed by atoms with E-state index in [2.05, 4.69) is 5.32 Å². The standard InChI is InChI=1S/C26H32N2O6/c1-25(2,3)26(14-6-5-7-15-26)22(24(30)31)27-23(29)20-13-10-18(16-21(20)28(32)33)17-8-11-19(34-4)12-9-17/h8-13,16,22H,5-7,14-15H2,1-4H3,(H,27,29)(H,30,31)/t22-/m1/s1. The summed E-state index contributed by atoms with van der Waals surface area (Å²) in [5, 5.41) is 24.6. The molecule has 1 saturated carbocycles. The summed E-state index contributed by atoms with van der Waals surface area (Å²) >= 11 is 0. The minimum absolute atomic E-state index is 0.159. The SMILES string of the molecule is COc1ccc(-c2ccc(C(=O)N[C@H](C(=O)O)C3(C(C)(C)C)CCCCC3)c([N+](=O)[O-])c2)cc1. The third kappa shape index (κ3) is 4.90. The van der Waals surface area contributed by atoms with Gasteiger partial charge in [0.15, 0.2) is 0 Å². The summed E-state index contributed by atoms with van der Waals surface area (Å²) in [5.41, 5.74) is -0.262. The first-order chi connectivity index (χ1) is 16.0. The highest BCUT2D eigenvalue weighted by Crippen LogP contribution is 2.52. The van der Waals surface area contributed by atoms with Crippen molar-refractivity contribution in [1.29, 1.82) is 0 Å². The van der Waals surface area contributed by atoms with Gasteiger partial charge in [0.05, 0.1) is 12.0 Å². The number of amides is 1. The van der Waals surface area contributed by atoms with E-state index < -0.39 is 28.3 Å². The van der Waals surface area contributed by atoms with Gasteiger partial charge in [0.1, 0.15) is 17.4 Å². The predicted molar refractivity (Wildman–Crippen MR) is 129 cm³/mol. The monoisotopic (exact) mass is 468 g/mol. The van der Waals surface area contributed by atoms with Crippen LogP contribution in [0.1, 0.15) is 63.2 Å². The highest BCUT2D eigenvalue weighted by molar-refractivity contribution is 6.00. The number of rotatable bonds is 7. The smallest absolute Gasteiger partial charge is 0.326 e. The molecule has 0 heterocycles. The number of carboxylic acid groups (broad SMARTS) is 1. The molecule has 34 heavy (non-hydrogen) atoms. The van der Waals surface area contributed by atoms with E-state index in [-0.39, 0.29) is 16.7 Å². The van der Waals surface area contributed by atoms with Crippen molar-refractivity contribution in [3.05, 3.63) is 58.1 Å². The van der Waals surface area contributed by atoms with Gasteiger partial charge in [-0.3, -0.25) is 14.9 Å². The molecule has 1 aliphatic rings. The number of nitro benzene ring substituents is 1. The number of hydrogen-bond donors (Lipinski definition) is 2. The number of carboxylic acids is 1. The molecule has 1 aliphatic carbocycles. The zero-order valence-corrected chi connectivity index (χ0v) is 20.1. The van der Waals surface area contributed by atoms with Gasteiger partial charge in [-0.25, -0.2) is 4.79 Å². The number of aliphatic carboxylic acids is 1. The van der Waals surface area contributed by atoms with E-state index in [0.29, 0.717) is 24.2 Å². The number of methoxy groups -OCH3 is 1. The van der Waals surface area contributed by atoms with E-state index in [1.807, 2.05) is 20.8 Å². The summed E-state index contributed by atoms with van der Waals surface area (Å²) in [4.78, 5) is 36.8. The fourth-order valence-corrected chi connectivity index (χ4v) is 5.14. The van der Waals surface area contributed by atoms with Crippen LogP contribution in [0.2, 0.25) is 0 Å². The molecule has 2 aromatic carbocycles. The van der Waals surface area contributed by atoms with Gasteiger partial charge in [-0.2, -0.15) is 0 Å². The van der Waals surface area contributed by atoms with E-state index in [4.69, 9.17) is 4.74 Å². The lowest BCUT2D eigenvalue weighted by atomic mass is 9.55. The average Bonchev–Trinajstić information content (AvgIpc) is 2.81. The van der Waals surface area contributed by atoms with E-state index in [0.717, 1.165) is 24.8 Å². The van der Waals surface area contributed by atoms with Gasteiger partial charge in [0.2, 0.25) is 0 Å². The number of nitro groups is 1. The molecule has 0 spiro atoms. The van der Waals surface area contributed by atoms with Crippen LogP contribution in [-0.2, 0) is 4.79 Å². The second kappa shape index (κ2) is 9.83. The van der Waals surface area contributed by atoms with E-state index in [9.17, 15) is 24.8 Å². The first-order valence-electron chi connectivity index (χ1n) is 11.5. The Morgan fingerprint density at radius 3 is 2.15 bits per heavy atom. The summed E-state index contributed by atoms with van der Waals surface area (Å²) in [6, 6.07) is 10.2. The molecule has 0 unspecified atom stereocenters. The fourth-order valence-electron chi connectivity index (χ4n) is 5.14. The summed E-state index contributed by atoms with van der Waals surface area (Å²) in [6.45, 7) is 5.98. The van der Waals surface area contributed by atoms with E-state index >= 15 is 0 Å². The van der Waals surface area contributed by atoms with Crippen molar-refractivity contribution in [2.75, 3.05) is 7.11 Å². The van der Waals surface area contributed by atoms with Gasteiger partial charge >= 0.3 is 5.97 Å². The van der Waals surface area contributed by atoms with Gasteiger partial charge in [-0.05, 0) is 47.6 Å². The lowest BCUT2D eigenvalue weighted by molar-refractivity contribution is -0.385. The molecule has 1 amide bonds. The Labute approximate surface area is 199 Å². The first-order valence-corrected chi connectivity index (χ1v) is 11.5. The van der Waals surface area contributed by atoms with Crippen LogP contribution in [0.4, 0.5) is 5.69 Å². The first kappa shape index (κ1) is 25.2. The maximum Gasteiger partial charge on any atom is 0.326 e. The highest BCUT2D eigenvalue weighted by atomic mass is 16.6. The van der Waals surface area contributed by atoms with Crippen LogP contribution in [0.25, 0.3) is 11.1 Å². The number of carbonyl (C=O) groups excluding carboxylic acids is 1. The molecule has 0 aromatic heterocycles. The number of carbonyl (C=O) groups is 2. The van der Waals surface area contributed by atoms with Crippen molar-refractivity contribution in [2.24, 2.45) is 10.8 Å². The molecule has 8 nitrogen and oxygen atoms in total. The van der Waals surface area contributed by atoms with Crippen LogP contribution in [0.3, 0.4) is 0 Å². The third-order valence-electron chi connectivity index (χ3n) is 7.18. The molecule has 1 fully saturated rings. The minimum atomic E-state index is -1.15. The molecule has 8 heteroatoms. The molecule has 2 N–H and O–H groups in total. The van der Waals surface area contributed by atoms with E-state index in [1.54, 1.807) is 37.4 Å². The number of ether oxygens (including phenoxy) is 1. The van der Waals surface area contributed by atoms with Gasteiger partial charge in [0.25, 0.3) is 11.6 Å². The molecular formula is C26H32N2O6. The van der Waals surface area contributed by atoms with Crippen molar-refractivity contribution in [1.82, 2.24) is 5.32 Å². The van der Waals surface area contributed by atoms with Crippen LogP contribution >= 0.6 is 0 Å². The zero-order valence-electron chi connectivity index (χ0n) is 20.1. The minimum Gasteiger partial charge on any atom is -0.497 e. The van der Waals surface area contributed by atoms with E-state index in [1.165, 1.54) is 12.1 Å². The van der Waals surface area contributed by atoms with Crippen LogP contribution in [0.15, 0.2) is 42.5 Å². The molecule has 3 rings (SSSR count). The highest BCUT2D eigenvalue weighted by Gasteiger charge is 2.52. The Balaban J connectivity index is 1.97. The van der Waals surface area contributed by atoms with Crippen molar-refractivity contribution in [2.45, 2.75) is 58.9 Å². The van der Waals surface area contributed by atoms with Crippen molar-refractivity contribution in [3.63, 3.8) is 0 Å². The lowest BCUT2D eigenvalue weighted by Gasteiger charge is -2.51. The second-order valence-corrected chi connectivity index (χ2v) is 9.93.